The Hall–Kier alpha value is -0.120. The van der Waals surface area contributed by atoms with Gasteiger partial charge in [-0.15, -0.1) is 24.0 Å². The van der Waals surface area contributed by atoms with E-state index in [1.54, 1.807) is 0 Å². The van der Waals surface area contributed by atoms with E-state index in [2.05, 4.69) is 26.9 Å². The monoisotopic (exact) mass is 493 g/mol. The van der Waals surface area contributed by atoms with Crippen molar-refractivity contribution in [3.8, 4) is 0 Å². The Labute approximate surface area is 182 Å². The summed E-state index contributed by atoms with van der Waals surface area (Å²) in [5, 5.41) is 13.1. The van der Waals surface area contributed by atoms with Gasteiger partial charge in [0.2, 0.25) is 0 Å². The molecule has 3 aliphatic rings. The molecule has 1 atom stereocenters. The second kappa shape index (κ2) is 12.4. The molecule has 0 aliphatic carbocycles. The minimum absolute atomic E-state index is 0. The Morgan fingerprint density at radius 2 is 1.78 bits per heavy atom. The number of nitrogens with zero attached hydrogens (tertiary/aromatic N) is 4. The van der Waals surface area contributed by atoms with Gasteiger partial charge < -0.3 is 25.1 Å². The molecule has 3 saturated heterocycles. The van der Waals surface area contributed by atoms with E-state index in [9.17, 15) is 5.11 Å². The number of hydrogen-bond acceptors (Lipinski definition) is 4. The van der Waals surface area contributed by atoms with E-state index in [0.717, 1.165) is 77.0 Å². The molecule has 1 unspecified atom stereocenters. The van der Waals surface area contributed by atoms with Crippen LogP contribution in [0.2, 0.25) is 0 Å². The second-order valence-electron chi connectivity index (χ2n) is 8.27. The summed E-state index contributed by atoms with van der Waals surface area (Å²) in [6, 6.07) is 0. The number of guanidine groups is 1. The SMILES string of the molecule is CCNC(=NCCCN1CCC(O)CC1)N1CCC(CN2CCCC2)C1.I. The first-order valence-electron chi connectivity index (χ1n) is 10.9. The molecule has 3 fully saturated rings. The van der Waals surface area contributed by atoms with Crippen LogP contribution in [0, 0.1) is 5.92 Å². The summed E-state index contributed by atoms with van der Waals surface area (Å²) in [4.78, 5) is 12.5. The van der Waals surface area contributed by atoms with Gasteiger partial charge in [0.05, 0.1) is 6.10 Å². The van der Waals surface area contributed by atoms with Gasteiger partial charge >= 0.3 is 0 Å². The molecule has 0 aromatic heterocycles. The van der Waals surface area contributed by atoms with Crippen LogP contribution in [0.3, 0.4) is 0 Å². The topological polar surface area (TPSA) is 54.3 Å². The van der Waals surface area contributed by atoms with Gasteiger partial charge in [-0.3, -0.25) is 4.99 Å². The molecule has 0 radical (unpaired) electrons. The standard InChI is InChI=1S/C20H39N5O.HI/c1-2-21-20(22-9-5-12-23-13-7-19(26)8-14-23)25-15-6-18(17-25)16-24-10-3-4-11-24;/h18-19,26H,2-17H2,1H3,(H,21,22);1H. The number of aliphatic hydroxyl groups excluding tert-OH is 1. The third-order valence-corrected chi connectivity index (χ3v) is 6.09. The summed E-state index contributed by atoms with van der Waals surface area (Å²) in [5.74, 6) is 1.92. The highest BCUT2D eigenvalue weighted by Crippen LogP contribution is 2.20. The number of hydrogen-bond donors (Lipinski definition) is 2. The van der Waals surface area contributed by atoms with Crippen LogP contribution < -0.4 is 5.32 Å². The van der Waals surface area contributed by atoms with E-state index in [4.69, 9.17) is 4.99 Å². The van der Waals surface area contributed by atoms with Crippen molar-refractivity contribution in [2.45, 2.75) is 51.6 Å². The Balaban J connectivity index is 0.00000261. The number of likely N-dealkylation sites (tertiary alicyclic amines) is 3. The smallest absolute Gasteiger partial charge is 0.193 e. The maximum atomic E-state index is 9.60. The molecule has 0 aromatic rings. The first-order chi connectivity index (χ1) is 12.7. The summed E-state index contributed by atoms with van der Waals surface area (Å²) >= 11 is 0. The molecule has 0 spiro atoms. The molecule has 27 heavy (non-hydrogen) atoms. The number of halogens is 1. The summed E-state index contributed by atoms with van der Waals surface area (Å²) in [6.45, 7) is 13.4. The molecule has 3 heterocycles. The van der Waals surface area contributed by atoms with Crippen molar-refractivity contribution in [3.05, 3.63) is 0 Å². The lowest BCUT2D eigenvalue weighted by molar-refractivity contribution is 0.0824. The summed E-state index contributed by atoms with van der Waals surface area (Å²) in [5.41, 5.74) is 0. The zero-order valence-electron chi connectivity index (χ0n) is 17.1. The zero-order valence-corrected chi connectivity index (χ0v) is 19.4. The van der Waals surface area contributed by atoms with Crippen molar-refractivity contribution in [1.82, 2.24) is 20.0 Å². The number of rotatable bonds is 7. The maximum Gasteiger partial charge on any atom is 0.193 e. The maximum absolute atomic E-state index is 9.60. The lowest BCUT2D eigenvalue weighted by atomic mass is 10.1. The summed E-state index contributed by atoms with van der Waals surface area (Å²) in [6.07, 6.45) is 6.96. The predicted octanol–water partition coefficient (Wildman–Crippen LogP) is 1.83. The first-order valence-corrected chi connectivity index (χ1v) is 10.9. The molecule has 2 N–H and O–H groups in total. The highest BCUT2D eigenvalue weighted by Gasteiger charge is 2.27. The Bertz CT molecular complexity index is 436. The quantitative estimate of drug-likeness (QED) is 0.245. The third-order valence-electron chi connectivity index (χ3n) is 6.09. The highest BCUT2D eigenvalue weighted by atomic mass is 127. The predicted molar refractivity (Wildman–Crippen MR) is 123 cm³/mol. The Morgan fingerprint density at radius 3 is 2.48 bits per heavy atom. The average molecular weight is 493 g/mol. The number of piperidine rings is 1. The summed E-state index contributed by atoms with van der Waals surface area (Å²) in [7, 11) is 0. The van der Waals surface area contributed by atoms with Crippen LogP contribution in [-0.2, 0) is 0 Å². The molecular formula is C20H40IN5O. The Morgan fingerprint density at radius 1 is 1.04 bits per heavy atom. The number of aliphatic imine (C=N–C) groups is 1. The fourth-order valence-corrected chi connectivity index (χ4v) is 4.55. The Kier molecular flexibility index (Phi) is 10.7. The van der Waals surface area contributed by atoms with Gasteiger partial charge in [-0.1, -0.05) is 0 Å². The molecule has 0 aromatic carbocycles. The van der Waals surface area contributed by atoms with Crippen molar-refractivity contribution in [1.29, 1.82) is 0 Å². The van der Waals surface area contributed by atoms with E-state index >= 15 is 0 Å². The van der Waals surface area contributed by atoms with Gasteiger partial charge in [0.25, 0.3) is 0 Å². The van der Waals surface area contributed by atoms with Crippen LogP contribution in [-0.4, -0.2) is 97.3 Å². The highest BCUT2D eigenvalue weighted by molar-refractivity contribution is 14.0. The largest absolute Gasteiger partial charge is 0.393 e. The average Bonchev–Trinajstić information content (AvgIpc) is 3.32. The van der Waals surface area contributed by atoms with Gasteiger partial charge in [0.15, 0.2) is 5.96 Å². The van der Waals surface area contributed by atoms with E-state index in [0.29, 0.717) is 0 Å². The molecule has 0 saturated carbocycles. The van der Waals surface area contributed by atoms with Crippen molar-refractivity contribution < 1.29 is 5.11 Å². The van der Waals surface area contributed by atoms with Crippen LogP contribution in [0.4, 0.5) is 0 Å². The molecule has 0 bridgehead atoms. The number of nitrogens with one attached hydrogen (secondary N) is 1. The first kappa shape index (κ1) is 23.2. The minimum Gasteiger partial charge on any atom is -0.393 e. The van der Waals surface area contributed by atoms with Gasteiger partial charge in [-0.25, -0.2) is 0 Å². The molecule has 3 rings (SSSR count). The zero-order chi connectivity index (χ0) is 18.2. The van der Waals surface area contributed by atoms with Crippen molar-refractivity contribution in [3.63, 3.8) is 0 Å². The van der Waals surface area contributed by atoms with E-state index in [-0.39, 0.29) is 30.1 Å². The lowest BCUT2D eigenvalue weighted by Crippen LogP contribution is -2.41. The van der Waals surface area contributed by atoms with Gasteiger partial charge in [0, 0.05) is 45.8 Å². The van der Waals surface area contributed by atoms with Gasteiger partial charge in [-0.2, -0.15) is 0 Å². The second-order valence-corrected chi connectivity index (χ2v) is 8.27. The normalized spacial score (nSPS) is 25.8. The fourth-order valence-electron chi connectivity index (χ4n) is 4.55. The van der Waals surface area contributed by atoms with Crippen molar-refractivity contribution in [2.75, 3.05) is 65.4 Å². The van der Waals surface area contributed by atoms with Gasteiger partial charge in [0.1, 0.15) is 0 Å². The minimum atomic E-state index is -0.0756. The fraction of sp³-hybridized carbons (Fsp3) is 0.950. The number of aliphatic hydroxyl groups is 1. The molecule has 0 amide bonds. The van der Waals surface area contributed by atoms with Crippen LogP contribution in [0.1, 0.15) is 45.4 Å². The van der Waals surface area contributed by atoms with E-state index < -0.39 is 0 Å². The molecule has 6 nitrogen and oxygen atoms in total. The van der Waals surface area contributed by atoms with E-state index in [1.807, 2.05) is 0 Å². The third kappa shape index (κ3) is 7.66. The summed E-state index contributed by atoms with van der Waals surface area (Å²) < 4.78 is 0. The molecule has 7 heteroatoms. The van der Waals surface area contributed by atoms with Crippen LogP contribution in [0.25, 0.3) is 0 Å². The lowest BCUT2D eigenvalue weighted by Gasteiger charge is -2.29. The molecule has 158 valence electrons. The van der Waals surface area contributed by atoms with Crippen LogP contribution in [0.5, 0.6) is 0 Å². The molecular weight excluding hydrogens is 453 g/mol. The van der Waals surface area contributed by atoms with Crippen molar-refractivity contribution >= 4 is 29.9 Å². The van der Waals surface area contributed by atoms with Crippen molar-refractivity contribution in [2.24, 2.45) is 10.9 Å². The van der Waals surface area contributed by atoms with Gasteiger partial charge in [-0.05, 0) is 71.0 Å². The molecule has 3 aliphatic heterocycles. The van der Waals surface area contributed by atoms with E-state index in [1.165, 1.54) is 38.9 Å². The van der Waals surface area contributed by atoms with Crippen LogP contribution >= 0.6 is 24.0 Å². The van der Waals surface area contributed by atoms with Crippen LogP contribution in [0.15, 0.2) is 4.99 Å².